The van der Waals surface area contributed by atoms with E-state index < -0.39 is 0 Å². The van der Waals surface area contributed by atoms with E-state index in [-0.39, 0.29) is 17.9 Å². The Labute approximate surface area is 80.1 Å². The largest absolute Gasteiger partial charge is 0.342 e. The second-order valence-electron chi connectivity index (χ2n) is 3.86. The lowest BCUT2D eigenvalue weighted by atomic mass is 9.91. The van der Waals surface area contributed by atoms with Crippen LogP contribution < -0.4 is 0 Å². The molecule has 0 aliphatic rings. The molecular formula is C10H19NO2. The fourth-order valence-electron chi connectivity index (χ4n) is 1.70. The lowest BCUT2D eigenvalue weighted by Gasteiger charge is -2.32. The molecule has 2 atom stereocenters. The Balaban J connectivity index is 4.59. The zero-order valence-corrected chi connectivity index (χ0v) is 9.07. The van der Waals surface area contributed by atoms with Gasteiger partial charge in [-0.15, -0.1) is 0 Å². The lowest BCUT2D eigenvalue weighted by molar-refractivity contribution is -0.132. The molecular weight excluding hydrogens is 166 g/mol. The molecule has 0 saturated carbocycles. The molecule has 0 aliphatic carbocycles. The van der Waals surface area contributed by atoms with E-state index >= 15 is 0 Å². The van der Waals surface area contributed by atoms with Crippen LogP contribution in [0.3, 0.4) is 0 Å². The number of amides is 1. The molecule has 0 aromatic heterocycles. The Morgan fingerprint density at radius 3 is 2.00 bits per heavy atom. The van der Waals surface area contributed by atoms with Gasteiger partial charge in [0.25, 0.3) is 0 Å². The zero-order chi connectivity index (χ0) is 10.6. The van der Waals surface area contributed by atoms with Crippen molar-refractivity contribution in [1.29, 1.82) is 0 Å². The molecule has 0 N–H and O–H groups in total. The number of nitrogens with zero attached hydrogens (tertiary/aromatic N) is 1. The van der Waals surface area contributed by atoms with Gasteiger partial charge < -0.3 is 9.69 Å². The highest BCUT2D eigenvalue weighted by molar-refractivity contribution is 5.74. The van der Waals surface area contributed by atoms with Crippen molar-refractivity contribution in [3.05, 3.63) is 0 Å². The van der Waals surface area contributed by atoms with Crippen LogP contribution in [0.1, 0.15) is 27.7 Å². The second kappa shape index (κ2) is 5.00. The van der Waals surface area contributed by atoms with Crippen LogP contribution in [0.4, 0.5) is 0 Å². The monoisotopic (exact) mass is 185 g/mol. The van der Waals surface area contributed by atoms with Gasteiger partial charge in [0.1, 0.15) is 6.29 Å². The summed E-state index contributed by atoms with van der Waals surface area (Å²) in [4.78, 5) is 23.4. The smallest absolute Gasteiger partial charge is 0.219 e. The molecule has 0 rings (SSSR count). The summed E-state index contributed by atoms with van der Waals surface area (Å²) in [5.41, 5.74) is 0. The fraction of sp³-hybridized carbons (Fsp3) is 0.800. The molecule has 0 aliphatic heterocycles. The van der Waals surface area contributed by atoms with Crippen molar-refractivity contribution < 1.29 is 9.59 Å². The molecule has 13 heavy (non-hydrogen) atoms. The average Bonchev–Trinajstić information content (AvgIpc) is 2.03. The minimum absolute atomic E-state index is 0.00685. The lowest BCUT2D eigenvalue weighted by Crippen LogP contribution is -2.43. The predicted octanol–water partition coefficient (Wildman–Crippen LogP) is 1.32. The summed E-state index contributed by atoms with van der Waals surface area (Å²) in [6.45, 7) is 7.40. The molecule has 3 nitrogen and oxygen atoms in total. The SMILES string of the molecule is CC(=O)N(C)[C@@H](C(C)C)[C@H](C)C=O. The molecule has 76 valence electrons. The van der Waals surface area contributed by atoms with Gasteiger partial charge in [0.15, 0.2) is 0 Å². The molecule has 0 radical (unpaired) electrons. The van der Waals surface area contributed by atoms with E-state index in [0.717, 1.165) is 6.29 Å². The first kappa shape index (κ1) is 12.1. The highest BCUT2D eigenvalue weighted by atomic mass is 16.2. The molecule has 0 aromatic carbocycles. The molecule has 0 saturated heterocycles. The van der Waals surface area contributed by atoms with E-state index in [1.54, 1.807) is 11.9 Å². The number of hydrogen-bond donors (Lipinski definition) is 0. The van der Waals surface area contributed by atoms with Crippen LogP contribution in [0.15, 0.2) is 0 Å². The standard InChI is InChI=1S/C10H19NO2/c1-7(2)10(8(3)6-12)11(5)9(4)13/h6-8,10H,1-5H3/t8-,10+/m1/s1. The summed E-state index contributed by atoms with van der Waals surface area (Å²) in [7, 11) is 1.74. The van der Waals surface area contributed by atoms with Crippen LogP contribution in [-0.2, 0) is 9.59 Å². The van der Waals surface area contributed by atoms with Crippen LogP contribution in [0, 0.1) is 11.8 Å². The van der Waals surface area contributed by atoms with E-state index in [9.17, 15) is 9.59 Å². The van der Waals surface area contributed by atoms with Gasteiger partial charge in [0.2, 0.25) is 5.91 Å². The Morgan fingerprint density at radius 2 is 1.77 bits per heavy atom. The Morgan fingerprint density at radius 1 is 1.31 bits per heavy atom. The predicted molar refractivity (Wildman–Crippen MR) is 52.3 cm³/mol. The van der Waals surface area contributed by atoms with Crippen LogP contribution in [0.5, 0.6) is 0 Å². The van der Waals surface area contributed by atoms with E-state index in [4.69, 9.17) is 0 Å². The molecule has 3 heteroatoms. The van der Waals surface area contributed by atoms with Crippen LogP contribution in [0.25, 0.3) is 0 Å². The van der Waals surface area contributed by atoms with E-state index in [0.29, 0.717) is 5.92 Å². The molecule has 0 unspecified atom stereocenters. The number of rotatable bonds is 4. The summed E-state index contributed by atoms with van der Waals surface area (Å²) in [6.07, 6.45) is 0.907. The molecule has 0 spiro atoms. The normalized spacial score (nSPS) is 15.2. The minimum Gasteiger partial charge on any atom is -0.342 e. The number of carbonyl (C=O) groups excluding carboxylic acids is 2. The third kappa shape index (κ3) is 3.17. The van der Waals surface area contributed by atoms with Gasteiger partial charge in [-0.1, -0.05) is 20.8 Å². The van der Waals surface area contributed by atoms with Gasteiger partial charge in [-0.25, -0.2) is 0 Å². The average molecular weight is 185 g/mol. The van der Waals surface area contributed by atoms with Gasteiger partial charge in [-0.2, -0.15) is 0 Å². The molecule has 0 fully saturated rings. The maximum absolute atomic E-state index is 11.1. The van der Waals surface area contributed by atoms with Gasteiger partial charge >= 0.3 is 0 Å². The fourth-order valence-corrected chi connectivity index (χ4v) is 1.70. The van der Waals surface area contributed by atoms with Crippen molar-refractivity contribution in [1.82, 2.24) is 4.90 Å². The maximum atomic E-state index is 11.1. The van der Waals surface area contributed by atoms with Gasteiger partial charge in [0.05, 0.1) is 0 Å². The number of carbonyl (C=O) groups is 2. The van der Waals surface area contributed by atoms with E-state index in [2.05, 4.69) is 0 Å². The summed E-state index contributed by atoms with van der Waals surface area (Å²) >= 11 is 0. The summed E-state index contributed by atoms with van der Waals surface area (Å²) in [6, 6.07) is 0.00926. The van der Waals surface area contributed by atoms with Gasteiger partial charge in [-0.3, -0.25) is 4.79 Å². The van der Waals surface area contributed by atoms with Crippen molar-refractivity contribution in [2.24, 2.45) is 11.8 Å². The van der Waals surface area contributed by atoms with Crippen LogP contribution >= 0.6 is 0 Å². The summed E-state index contributed by atoms with van der Waals surface area (Å²) in [5, 5.41) is 0. The number of aldehydes is 1. The van der Waals surface area contributed by atoms with Crippen molar-refractivity contribution in [2.45, 2.75) is 33.7 Å². The molecule has 1 amide bonds. The zero-order valence-electron chi connectivity index (χ0n) is 9.07. The molecule has 0 bridgehead atoms. The topological polar surface area (TPSA) is 37.4 Å². The number of hydrogen-bond acceptors (Lipinski definition) is 2. The molecule has 0 aromatic rings. The van der Waals surface area contributed by atoms with E-state index in [1.807, 2.05) is 20.8 Å². The van der Waals surface area contributed by atoms with Crippen LogP contribution in [-0.4, -0.2) is 30.2 Å². The van der Waals surface area contributed by atoms with E-state index in [1.165, 1.54) is 6.92 Å². The highest BCUT2D eigenvalue weighted by Gasteiger charge is 2.25. The molecule has 0 heterocycles. The van der Waals surface area contributed by atoms with Gasteiger partial charge in [-0.05, 0) is 5.92 Å². The first-order valence-corrected chi connectivity index (χ1v) is 4.60. The van der Waals surface area contributed by atoms with Crippen molar-refractivity contribution in [3.63, 3.8) is 0 Å². The minimum atomic E-state index is -0.103. The third-order valence-electron chi connectivity index (χ3n) is 2.38. The third-order valence-corrected chi connectivity index (χ3v) is 2.38. The first-order chi connectivity index (χ1) is 5.91. The first-order valence-electron chi connectivity index (χ1n) is 4.60. The van der Waals surface area contributed by atoms with Crippen molar-refractivity contribution >= 4 is 12.2 Å². The summed E-state index contributed by atoms with van der Waals surface area (Å²) < 4.78 is 0. The second-order valence-corrected chi connectivity index (χ2v) is 3.86. The quantitative estimate of drug-likeness (QED) is 0.619. The highest BCUT2D eigenvalue weighted by Crippen LogP contribution is 2.16. The maximum Gasteiger partial charge on any atom is 0.219 e. The van der Waals surface area contributed by atoms with Crippen molar-refractivity contribution in [2.75, 3.05) is 7.05 Å². The van der Waals surface area contributed by atoms with Gasteiger partial charge in [0, 0.05) is 25.9 Å². The Kier molecular flexibility index (Phi) is 4.67. The Bertz CT molecular complexity index is 189. The van der Waals surface area contributed by atoms with Crippen molar-refractivity contribution in [3.8, 4) is 0 Å². The summed E-state index contributed by atoms with van der Waals surface area (Å²) in [5.74, 6) is 0.204. The van der Waals surface area contributed by atoms with Crippen LogP contribution in [0.2, 0.25) is 0 Å². The Hall–Kier alpha value is -0.860.